The Labute approximate surface area is 152 Å². The number of carbonyl (C=O) groups excluding carboxylic acids is 2. The molecule has 1 aromatic rings. The molecule has 0 atom stereocenters. The lowest BCUT2D eigenvalue weighted by atomic mass is 10.2. The Hall–Kier alpha value is -1.46. The second-order valence-corrected chi connectivity index (χ2v) is 7.58. The van der Waals surface area contributed by atoms with Crippen LogP contribution in [0, 0.1) is 0 Å². The molecular formula is C17H22Cl2N2O3. The first-order valence-electron chi connectivity index (χ1n) is 7.89. The standard InChI is InChI=1S/C17H22Cl2N2O3/c1-17(2,3)24-16(23)21-8-4-7-20(9-10-21)15(22)13-6-5-12(18)11-14(13)19/h5-6,11H,4,7-10H2,1-3H3. The summed E-state index contributed by atoms with van der Waals surface area (Å²) in [7, 11) is 0. The van der Waals surface area contributed by atoms with Crippen molar-refractivity contribution in [1.29, 1.82) is 0 Å². The minimum absolute atomic E-state index is 0.150. The monoisotopic (exact) mass is 372 g/mol. The lowest BCUT2D eigenvalue weighted by molar-refractivity contribution is 0.0255. The minimum atomic E-state index is -0.532. The number of rotatable bonds is 1. The van der Waals surface area contributed by atoms with Crippen LogP contribution in [0.5, 0.6) is 0 Å². The Morgan fingerprint density at radius 2 is 1.67 bits per heavy atom. The van der Waals surface area contributed by atoms with E-state index in [0.29, 0.717) is 48.2 Å². The summed E-state index contributed by atoms with van der Waals surface area (Å²) in [5.41, 5.74) is -0.109. The number of amides is 2. The predicted octanol–water partition coefficient (Wildman–Crippen LogP) is 4.08. The van der Waals surface area contributed by atoms with Gasteiger partial charge in [0.05, 0.1) is 10.6 Å². The number of carbonyl (C=O) groups is 2. The Morgan fingerprint density at radius 3 is 2.29 bits per heavy atom. The van der Waals surface area contributed by atoms with Gasteiger partial charge in [-0.2, -0.15) is 0 Å². The first kappa shape index (κ1) is 18.9. The Kier molecular flexibility index (Phi) is 5.99. The number of halogens is 2. The molecule has 0 saturated carbocycles. The van der Waals surface area contributed by atoms with E-state index >= 15 is 0 Å². The van der Waals surface area contributed by atoms with E-state index in [-0.39, 0.29) is 12.0 Å². The molecule has 1 fully saturated rings. The summed E-state index contributed by atoms with van der Waals surface area (Å²) in [5, 5.41) is 0.823. The Morgan fingerprint density at radius 1 is 1.04 bits per heavy atom. The van der Waals surface area contributed by atoms with Crippen LogP contribution >= 0.6 is 23.2 Å². The molecule has 2 rings (SSSR count). The van der Waals surface area contributed by atoms with Crippen LogP contribution in [0.2, 0.25) is 10.0 Å². The molecule has 24 heavy (non-hydrogen) atoms. The molecular weight excluding hydrogens is 351 g/mol. The Balaban J connectivity index is 2.02. The van der Waals surface area contributed by atoms with E-state index in [1.165, 1.54) is 0 Å². The van der Waals surface area contributed by atoms with Gasteiger partial charge in [-0.25, -0.2) is 4.79 Å². The van der Waals surface area contributed by atoms with Crippen molar-refractivity contribution in [3.63, 3.8) is 0 Å². The van der Waals surface area contributed by atoms with Gasteiger partial charge in [0.2, 0.25) is 0 Å². The third-order valence-corrected chi connectivity index (χ3v) is 4.14. The average molecular weight is 373 g/mol. The van der Waals surface area contributed by atoms with Gasteiger partial charge in [-0.05, 0) is 45.4 Å². The van der Waals surface area contributed by atoms with Gasteiger partial charge in [0.1, 0.15) is 5.60 Å². The fraction of sp³-hybridized carbons (Fsp3) is 0.529. The zero-order valence-electron chi connectivity index (χ0n) is 14.1. The molecule has 0 radical (unpaired) electrons. The highest BCUT2D eigenvalue weighted by Crippen LogP contribution is 2.23. The normalized spacial score (nSPS) is 15.9. The van der Waals surface area contributed by atoms with Crippen molar-refractivity contribution in [2.24, 2.45) is 0 Å². The molecule has 2 amide bonds. The van der Waals surface area contributed by atoms with Gasteiger partial charge in [-0.15, -0.1) is 0 Å². The topological polar surface area (TPSA) is 49.9 Å². The van der Waals surface area contributed by atoms with Crippen molar-refractivity contribution >= 4 is 35.2 Å². The van der Waals surface area contributed by atoms with Gasteiger partial charge in [0, 0.05) is 31.2 Å². The maximum absolute atomic E-state index is 12.7. The van der Waals surface area contributed by atoms with Crippen molar-refractivity contribution in [1.82, 2.24) is 9.80 Å². The summed E-state index contributed by atoms with van der Waals surface area (Å²) in [6.07, 6.45) is 0.345. The molecule has 5 nitrogen and oxygen atoms in total. The smallest absolute Gasteiger partial charge is 0.410 e. The molecule has 0 aliphatic carbocycles. The van der Waals surface area contributed by atoms with Crippen molar-refractivity contribution in [2.45, 2.75) is 32.8 Å². The number of ether oxygens (including phenoxy) is 1. The largest absolute Gasteiger partial charge is 0.444 e. The summed E-state index contributed by atoms with van der Waals surface area (Å²) in [6.45, 7) is 7.51. The predicted molar refractivity (Wildman–Crippen MR) is 94.8 cm³/mol. The van der Waals surface area contributed by atoms with Crippen LogP contribution in [0.25, 0.3) is 0 Å². The average Bonchev–Trinajstić information content (AvgIpc) is 2.70. The molecule has 132 valence electrons. The summed E-state index contributed by atoms with van der Waals surface area (Å²) >= 11 is 12.0. The summed E-state index contributed by atoms with van der Waals surface area (Å²) < 4.78 is 5.39. The lowest BCUT2D eigenvalue weighted by Gasteiger charge is -2.26. The molecule has 7 heteroatoms. The maximum atomic E-state index is 12.7. The highest BCUT2D eigenvalue weighted by atomic mass is 35.5. The summed E-state index contributed by atoms with van der Waals surface area (Å²) in [6, 6.07) is 4.83. The van der Waals surface area contributed by atoms with E-state index in [4.69, 9.17) is 27.9 Å². The van der Waals surface area contributed by atoms with Gasteiger partial charge in [-0.3, -0.25) is 4.79 Å². The number of hydrogen-bond acceptors (Lipinski definition) is 3. The van der Waals surface area contributed by atoms with Crippen LogP contribution in [0.1, 0.15) is 37.6 Å². The van der Waals surface area contributed by atoms with E-state index < -0.39 is 5.60 Å². The SMILES string of the molecule is CC(C)(C)OC(=O)N1CCCN(C(=O)c2ccc(Cl)cc2Cl)CC1. The molecule has 0 spiro atoms. The second kappa shape index (κ2) is 7.62. The first-order valence-corrected chi connectivity index (χ1v) is 8.65. The molecule has 1 aliphatic rings. The maximum Gasteiger partial charge on any atom is 0.410 e. The van der Waals surface area contributed by atoms with Gasteiger partial charge in [0.15, 0.2) is 0 Å². The van der Waals surface area contributed by atoms with Crippen LogP contribution in [0.15, 0.2) is 18.2 Å². The minimum Gasteiger partial charge on any atom is -0.444 e. The zero-order valence-corrected chi connectivity index (χ0v) is 15.7. The summed E-state index contributed by atoms with van der Waals surface area (Å²) in [5.74, 6) is -0.150. The molecule has 0 bridgehead atoms. The number of benzene rings is 1. The zero-order chi connectivity index (χ0) is 17.9. The molecule has 0 N–H and O–H groups in total. The van der Waals surface area contributed by atoms with E-state index in [0.717, 1.165) is 0 Å². The molecule has 1 heterocycles. The van der Waals surface area contributed by atoms with Gasteiger partial charge >= 0.3 is 6.09 Å². The van der Waals surface area contributed by atoms with Crippen LogP contribution in [-0.2, 0) is 4.74 Å². The number of hydrogen-bond donors (Lipinski definition) is 0. The second-order valence-electron chi connectivity index (χ2n) is 6.74. The molecule has 1 aliphatic heterocycles. The van der Waals surface area contributed by atoms with E-state index in [9.17, 15) is 9.59 Å². The molecule has 1 saturated heterocycles. The van der Waals surface area contributed by atoms with Crippen molar-refractivity contribution in [3.05, 3.63) is 33.8 Å². The Bertz CT molecular complexity index is 629. The van der Waals surface area contributed by atoms with Crippen LogP contribution in [0.3, 0.4) is 0 Å². The first-order chi connectivity index (χ1) is 11.2. The van der Waals surface area contributed by atoms with Crippen LogP contribution in [0.4, 0.5) is 4.79 Å². The van der Waals surface area contributed by atoms with E-state index in [2.05, 4.69) is 0 Å². The van der Waals surface area contributed by atoms with Crippen LogP contribution in [-0.4, -0.2) is 53.6 Å². The summed E-state index contributed by atoms with van der Waals surface area (Å²) in [4.78, 5) is 28.2. The van der Waals surface area contributed by atoms with Crippen molar-refractivity contribution < 1.29 is 14.3 Å². The van der Waals surface area contributed by atoms with Crippen LogP contribution < -0.4 is 0 Å². The quantitative estimate of drug-likeness (QED) is 0.746. The van der Waals surface area contributed by atoms with Gasteiger partial charge in [0.25, 0.3) is 5.91 Å². The highest BCUT2D eigenvalue weighted by molar-refractivity contribution is 6.36. The van der Waals surface area contributed by atoms with Crippen molar-refractivity contribution in [2.75, 3.05) is 26.2 Å². The van der Waals surface area contributed by atoms with E-state index in [1.54, 1.807) is 28.0 Å². The molecule has 0 aromatic heterocycles. The van der Waals surface area contributed by atoms with E-state index in [1.807, 2.05) is 20.8 Å². The lowest BCUT2D eigenvalue weighted by Crippen LogP contribution is -2.40. The fourth-order valence-electron chi connectivity index (χ4n) is 2.46. The number of nitrogens with zero attached hydrogens (tertiary/aromatic N) is 2. The van der Waals surface area contributed by atoms with Gasteiger partial charge < -0.3 is 14.5 Å². The molecule has 1 aromatic carbocycles. The fourth-order valence-corrected chi connectivity index (χ4v) is 2.95. The third kappa shape index (κ3) is 5.02. The molecule has 0 unspecified atom stereocenters. The third-order valence-electron chi connectivity index (χ3n) is 3.60. The van der Waals surface area contributed by atoms with Crippen molar-refractivity contribution in [3.8, 4) is 0 Å². The van der Waals surface area contributed by atoms with Gasteiger partial charge in [-0.1, -0.05) is 23.2 Å². The highest BCUT2D eigenvalue weighted by Gasteiger charge is 2.26.